The Labute approximate surface area is 157 Å². The number of hydrogen-bond donors (Lipinski definition) is 1. The molecule has 0 heterocycles. The zero-order valence-corrected chi connectivity index (χ0v) is 15.1. The summed E-state index contributed by atoms with van der Waals surface area (Å²) in [6, 6.07) is 13.4. The maximum absolute atomic E-state index is 11.8. The average Bonchev–Trinajstić information content (AvgIpc) is 2.65. The molecule has 0 aliphatic carbocycles. The molecule has 0 atom stereocenters. The number of carbonyl (C=O) groups is 2. The number of rotatable bonds is 9. The molecule has 0 saturated carbocycles. The topological polar surface area (TPSA) is 73.9 Å². The molecule has 138 valence electrons. The van der Waals surface area contributed by atoms with Crippen molar-refractivity contribution >= 4 is 23.5 Å². The van der Waals surface area contributed by atoms with Gasteiger partial charge in [0.25, 0.3) is 5.91 Å². The number of benzene rings is 2. The molecule has 26 heavy (non-hydrogen) atoms. The third-order valence-corrected chi connectivity index (χ3v) is 3.49. The van der Waals surface area contributed by atoms with Crippen molar-refractivity contribution in [2.45, 2.75) is 6.92 Å². The van der Waals surface area contributed by atoms with Gasteiger partial charge in [-0.3, -0.25) is 4.79 Å². The highest BCUT2D eigenvalue weighted by Crippen LogP contribution is 2.17. The van der Waals surface area contributed by atoms with Gasteiger partial charge < -0.3 is 19.5 Å². The molecule has 0 fully saturated rings. The largest absolute Gasteiger partial charge is 0.494 e. The van der Waals surface area contributed by atoms with Gasteiger partial charge in [0.1, 0.15) is 18.1 Å². The van der Waals surface area contributed by atoms with Gasteiger partial charge in [-0.2, -0.15) is 0 Å². The van der Waals surface area contributed by atoms with E-state index in [1.165, 1.54) is 12.1 Å². The lowest BCUT2D eigenvalue weighted by atomic mass is 10.2. The fourth-order valence-electron chi connectivity index (χ4n) is 2.01. The van der Waals surface area contributed by atoms with E-state index >= 15 is 0 Å². The van der Waals surface area contributed by atoms with E-state index in [1.807, 2.05) is 19.1 Å². The predicted octanol–water partition coefficient (Wildman–Crippen LogP) is 3.09. The summed E-state index contributed by atoms with van der Waals surface area (Å²) in [5, 5.41) is 3.13. The highest BCUT2D eigenvalue weighted by molar-refractivity contribution is 6.30. The summed E-state index contributed by atoms with van der Waals surface area (Å²) in [6.45, 7) is 2.76. The summed E-state index contributed by atoms with van der Waals surface area (Å²) < 4.78 is 15.8. The fourth-order valence-corrected chi connectivity index (χ4v) is 2.14. The summed E-state index contributed by atoms with van der Waals surface area (Å²) in [6.07, 6.45) is 0. The first kappa shape index (κ1) is 19.6. The summed E-state index contributed by atoms with van der Waals surface area (Å²) in [7, 11) is 0. The number of esters is 1. The highest BCUT2D eigenvalue weighted by atomic mass is 35.5. The van der Waals surface area contributed by atoms with E-state index in [4.69, 9.17) is 25.8 Å². The molecular weight excluding hydrogens is 358 g/mol. The molecule has 7 heteroatoms. The molecular formula is C19H20ClNO5. The molecule has 0 aromatic heterocycles. The van der Waals surface area contributed by atoms with Crippen LogP contribution < -0.4 is 14.8 Å². The number of halogens is 1. The second-order valence-corrected chi connectivity index (χ2v) is 5.62. The number of hydrogen-bond acceptors (Lipinski definition) is 5. The average molecular weight is 378 g/mol. The van der Waals surface area contributed by atoms with Crippen molar-refractivity contribution in [3.8, 4) is 11.5 Å². The van der Waals surface area contributed by atoms with Crippen molar-refractivity contribution in [3.63, 3.8) is 0 Å². The monoisotopic (exact) mass is 377 g/mol. The van der Waals surface area contributed by atoms with Crippen molar-refractivity contribution < 1.29 is 23.8 Å². The highest BCUT2D eigenvalue weighted by Gasteiger charge is 2.09. The Morgan fingerprint density at radius 3 is 2.19 bits per heavy atom. The summed E-state index contributed by atoms with van der Waals surface area (Å²) in [5.41, 5.74) is 0.334. The van der Waals surface area contributed by atoms with Gasteiger partial charge in [-0.1, -0.05) is 11.6 Å². The smallest absolute Gasteiger partial charge is 0.338 e. The van der Waals surface area contributed by atoms with E-state index in [1.54, 1.807) is 24.3 Å². The third-order valence-electron chi connectivity index (χ3n) is 3.24. The van der Waals surface area contributed by atoms with Gasteiger partial charge in [0, 0.05) is 5.02 Å². The van der Waals surface area contributed by atoms with Crippen molar-refractivity contribution in [2.75, 3.05) is 26.4 Å². The zero-order valence-electron chi connectivity index (χ0n) is 14.4. The minimum atomic E-state index is -0.581. The van der Waals surface area contributed by atoms with E-state index in [9.17, 15) is 9.59 Å². The number of carbonyl (C=O) groups excluding carboxylic acids is 2. The minimum absolute atomic E-state index is 0.296. The van der Waals surface area contributed by atoms with Crippen LogP contribution in [0.5, 0.6) is 11.5 Å². The van der Waals surface area contributed by atoms with Crippen LogP contribution in [-0.4, -0.2) is 38.2 Å². The summed E-state index contributed by atoms with van der Waals surface area (Å²) >= 11 is 5.75. The first-order valence-corrected chi connectivity index (χ1v) is 8.51. The van der Waals surface area contributed by atoms with Crippen LogP contribution >= 0.6 is 11.6 Å². The van der Waals surface area contributed by atoms with Gasteiger partial charge in [-0.25, -0.2) is 4.79 Å². The van der Waals surface area contributed by atoms with Gasteiger partial charge in [0.15, 0.2) is 6.61 Å². The number of amides is 1. The molecule has 6 nitrogen and oxygen atoms in total. The van der Waals surface area contributed by atoms with Crippen LogP contribution in [0, 0.1) is 0 Å². The van der Waals surface area contributed by atoms with Crippen LogP contribution in [0.25, 0.3) is 0 Å². The Morgan fingerprint density at radius 1 is 0.962 bits per heavy atom. The van der Waals surface area contributed by atoms with E-state index in [0.717, 1.165) is 5.75 Å². The van der Waals surface area contributed by atoms with Gasteiger partial charge in [-0.15, -0.1) is 0 Å². The van der Waals surface area contributed by atoms with Crippen LogP contribution in [0.3, 0.4) is 0 Å². The molecule has 0 unspecified atom stereocenters. The van der Waals surface area contributed by atoms with E-state index in [-0.39, 0.29) is 6.61 Å². The molecule has 0 spiro atoms. The molecule has 0 saturated heterocycles. The molecule has 0 bridgehead atoms. The van der Waals surface area contributed by atoms with Crippen molar-refractivity contribution in [2.24, 2.45) is 0 Å². The molecule has 1 N–H and O–H groups in total. The molecule has 0 radical (unpaired) electrons. The van der Waals surface area contributed by atoms with E-state index in [0.29, 0.717) is 36.1 Å². The van der Waals surface area contributed by atoms with Gasteiger partial charge in [0.05, 0.1) is 18.7 Å². The van der Waals surface area contributed by atoms with Gasteiger partial charge in [-0.05, 0) is 55.5 Å². The molecule has 0 aliphatic heterocycles. The minimum Gasteiger partial charge on any atom is -0.494 e. The quantitative estimate of drug-likeness (QED) is 0.537. The lowest BCUT2D eigenvalue weighted by Crippen LogP contribution is -2.32. The normalized spacial score (nSPS) is 10.1. The SMILES string of the molecule is CCOc1ccc(OCCNC(=O)COC(=O)c2ccc(Cl)cc2)cc1. The predicted molar refractivity (Wildman–Crippen MR) is 97.9 cm³/mol. The first-order chi connectivity index (χ1) is 12.6. The van der Waals surface area contributed by atoms with E-state index in [2.05, 4.69) is 5.32 Å². The number of nitrogens with one attached hydrogen (secondary N) is 1. The van der Waals surface area contributed by atoms with Crippen LogP contribution in [0.2, 0.25) is 5.02 Å². The van der Waals surface area contributed by atoms with Crippen molar-refractivity contribution in [3.05, 3.63) is 59.1 Å². The standard InChI is InChI=1S/C19H20ClNO5/c1-2-24-16-7-9-17(10-8-16)25-12-11-21-18(22)13-26-19(23)14-3-5-15(20)6-4-14/h3-10H,2,11-13H2,1H3,(H,21,22). The Hall–Kier alpha value is -2.73. The van der Waals surface area contributed by atoms with Gasteiger partial charge >= 0.3 is 5.97 Å². The molecule has 0 aliphatic rings. The molecule has 2 aromatic rings. The van der Waals surface area contributed by atoms with Crippen LogP contribution in [0.1, 0.15) is 17.3 Å². The zero-order chi connectivity index (χ0) is 18.8. The van der Waals surface area contributed by atoms with Crippen LogP contribution in [-0.2, 0) is 9.53 Å². The first-order valence-electron chi connectivity index (χ1n) is 8.13. The van der Waals surface area contributed by atoms with Crippen LogP contribution in [0.15, 0.2) is 48.5 Å². The Kier molecular flexibility index (Phi) is 7.76. The maximum Gasteiger partial charge on any atom is 0.338 e. The maximum atomic E-state index is 11.8. The summed E-state index contributed by atoms with van der Waals surface area (Å²) in [5.74, 6) is 0.470. The van der Waals surface area contributed by atoms with E-state index < -0.39 is 11.9 Å². The second-order valence-electron chi connectivity index (χ2n) is 5.19. The Balaban J connectivity index is 1.62. The molecule has 1 amide bonds. The van der Waals surface area contributed by atoms with Crippen molar-refractivity contribution in [1.29, 1.82) is 0 Å². The Bertz CT molecular complexity index is 716. The Morgan fingerprint density at radius 2 is 1.58 bits per heavy atom. The number of ether oxygens (including phenoxy) is 3. The fraction of sp³-hybridized carbons (Fsp3) is 0.263. The van der Waals surface area contributed by atoms with Gasteiger partial charge in [0.2, 0.25) is 0 Å². The molecule has 2 rings (SSSR count). The second kappa shape index (κ2) is 10.3. The third kappa shape index (κ3) is 6.64. The lowest BCUT2D eigenvalue weighted by Gasteiger charge is -2.09. The summed E-state index contributed by atoms with van der Waals surface area (Å²) in [4.78, 5) is 23.4. The van der Waals surface area contributed by atoms with Crippen molar-refractivity contribution in [1.82, 2.24) is 5.32 Å². The van der Waals surface area contributed by atoms with Crippen LogP contribution in [0.4, 0.5) is 0 Å². The lowest BCUT2D eigenvalue weighted by molar-refractivity contribution is -0.124. The molecule has 2 aromatic carbocycles.